The highest BCUT2D eigenvalue weighted by Crippen LogP contribution is 2.42. The molecule has 0 heterocycles. The van der Waals surface area contributed by atoms with Gasteiger partial charge in [-0.25, -0.2) is 0 Å². The van der Waals surface area contributed by atoms with Crippen molar-refractivity contribution < 1.29 is 4.79 Å². The molecule has 2 aromatic carbocycles. The molecular formula is C20H22O. The first-order valence-corrected chi connectivity index (χ1v) is 7.56. The molecule has 21 heavy (non-hydrogen) atoms. The molecule has 0 aliphatic heterocycles. The summed E-state index contributed by atoms with van der Waals surface area (Å²) in [5.74, 6) is 0.285. The highest BCUT2D eigenvalue weighted by Gasteiger charge is 2.39. The van der Waals surface area contributed by atoms with Gasteiger partial charge in [0.1, 0.15) is 0 Å². The number of ketones is 1. The van der Waals surface area contributed by atoms with E-state index < -0.39 is 0 Å². The minimum absolute atomic E-state index is 0.273. The zero-order valence-electron chi connectivity index (χ0n) is 13.5. The van der Waals surface area contributed by atoms with Gasteiger partial charge >= 0.3 is 0 Å². The largest absolute Gasteiger partial charge is 0.294 e. The van der Waals surface area contributed by atoms with Gasteiger partial charge in [0.2, 0.25) is 0 Å². The van der Waals surface area contributed by atoms with E-state index in [-0.39, 0.29) is 11.2 Å². The quantitative estimate of drug-likeness (QED) is 0.714. The minimum atomic E-state index is -0.273. The summed E-state index contributed by atoms with van der Waals surface area (Å²) in [7, 11) is 0. The minimum Gasteiger partial charge on any atom is -0.294 e. The lowest BCUT2D eigenvalue weighted by Gasteiger charge is -2.16. The van der Waals surface area contributed by atoms with Crippen LogP contribution >= 0.6 is 0 Å². The maximum absolute atomic E-state index is 12.8. The summed E-state index contributed by atoms with van der Waals surface area (Å²) >= 11 is 0. The van der Waals surface area contributed by atoms with Crippen LogP contribution in [0.15, 0.2) is 30.3 Å². The molecule has 1 aliphatic carbocycles. The van der Waals surface area contributed by atoms with Gasteiger partial charge in [0, 0.05) is 11.0 Å². The summed E-state index contributed by atoms with van der Waals surface area (Å²) in [4.78, 5) is 12.8. The van der Waals surface area contributed by atoms with Crippen molar-refractivity contribution >= 4 is 5.78 Å². The predicted molar refractivity (Wildman–Crippen MR) is 87.9 cm³/mol. The van der Waals surface area contributed by atoms with E-state index in [1.54, 1.807) is 0 Å². The fourth-order valence-corrected chi connectivity index (χ4v) is 3.72. The van der Waals surface area contributed by atoms with Crippen molar-refractivity contribution in [3.63, 3.8) is 0 Å². The van der Waals surface area contributed by atoms with Crippen molar-refractivity contribution in [1.29, 1.82) is 0 Å². The number of hydrogen-bond acceptors (Lipinski definition) is 1. The van der Waals surface area contributed by atoms with Gasteiger partial charge in [0.15, 0.2) is 5.78 Å². The monoisotopic (exact) mass is 278 g/mol. The third kappa shape index (κ3) is 2.12. The first kappa shape index (κ1) is 14.1. The number of Topliss-reactive ketones (excluding diaryl/α,β-unsaturated/α-hetero) is 1. The molecular weight excluding hydrogens is 256 g/mol. The molecule has 1 aliphatic rings. The van der Waals surface area contributed by atoms with Crippen LogP contribution in [0.3, 0.4) is 0 Å². The molecule has 0 fully saturated rings. The van der Waals surface area contributed by atoms with Crippen LogP contribution in [0.5, 0.6) is 0 Å². The Morgan fingerprint density at radius 3 is 2.19 bits per heavy atom. The molecule has 3 rings (SSSR count). The lowest BCUT2D eigenvalue weighted by Crippen LogP contribution is -2.19. The normalized spacial score (nSPS) is 16.1. The van der Waals surface area contributed by atoms with Crippen LogP contribution in [-0.4, -0.2) is 5.78 Å². The molecule has 108 valence electrons. The van der Waals surface area contributed by atoms with Crippen molar-refractivity contribution in [3.05, 3.63) is 58.1 Å². The molecule has 2 aromatic rings. The fourth-order valence-electron chi connectivity index (χ4n) is 3.72. The van der Waals surface area contributed by atoms with Crippen LogP contribution in [0.25, 0.3) is 11.1 Å². The topological polar surface area (TPSA) is 17.1 Å². The molecule has 0 aromatic heterocycles. The summed E-state index contributed by atoms with van der Waals surface area (Å²) in [5.41, 5.74) is 7.97. The van der Waals surface area contributed by atoms with E-state index in [0.29, 0.717) is 0 Å². The van der Waals surface area contributed by atoms with E-state index in [9.17, 15) is 4.79 Å². The molecule has 0 saturated carbocycles. The molecule has 0 bridgehead atoms. The standard InChI is InChI=1S/C20H22O/c1-12-9-13(2)17(14(3)10-12)16-8-6-7-15-11-20(4,5)19(21)18(15)16/h6-10H,11H2,1-5H3. The number of aryl methyl sites for hydroxylation is 3. The highest BCUT2D eigenvalue weighted by atomic mass is 16.1. The summed E-state index contributed by atoms with van der Waals surface area (Å²) in [5, 5.41) is 0. The average molecular weight is 278 g/mol. The van der Waals surface area contributed by atoms with Crippen LogP contribution in [-0.2, 0) is 6.42 Å². The number of hydrogen-bond donors (Lipinski definition) is 0. The van der Waals surface area contributed by atoms with Crippen molar-refractivity contribution in [2.24, 2.45) is 5.41 Å². The molecule has 1 nitrogen and oxygen atoms in total. The van der Waals surface area contributed by atoms with Crippen LogP contribution in [0.2, 0.25) is 0 Å². The van der Waals surface area contributed by atoms with Crippen LogP contribution in [0, 0.1) is 26.2 Å². The van der Waals surface area contributed by atoms with Gasteiger partial charge in [-0.3, -0.25) is 4.79 Å². The summed E-state index contributed by atoms with van der Waals surface area (Å²) in [6.07, 6.45) is 0.846. The van der Waals surface area contributed by atoms with Crippen molar-refractivity contribution in [2.75, 3.05) is 0 Å². The van der Waals surface area contributed by atoms with E-state index in [1.807, 2.05) is 13.8 Å². The Morgan fingerprint density at radius 1 is 0.952 bits per heavy atom. The van der Waals surface area contributed by atoms with Gasteiger partial charge in [-0.15, -0.1) is 0 Å². The van der Waals surface area contributed by atoms with E-state index in [0.717, 1.165) is 17.5 Å². The van der Waals surface area contributed by atoms with Crippen molar-refractivity contribution in [2.45, 2.75) is 41.0 Å². The second-order valence-electron chi connectivity index (χ2n) is 7.00. The second kappa shape index (κ2) is 4.56. The Labute approximate surface area is 127 Å². The molecule has 0 atom stereocenters. The Kier molecular flexibility index (Phi) is 3.05. The van der Waals surface area contributed by atoms with Gasteiger partial charge in [-0.2, -0.15) is 0 Å². The van der Waals surface area contributed by atoms with Gasteiger partial charge in [0.05, 0.1) is 0 Å². The summed E-state index contributed by atoms with van der Waals surface area (Å²) < 4.78 is 0. The molecule has 1 heteroatoms. The first-order valence-electron chi connectivity index (χ1n) is 7.56. The smallest absolute Gasteiger partial charge is 0.169 e. The van der Waals surface area contributed by atoms with Gasteiger partial charge in [-0.1, -0.05) is 49.7 Å². The lowest BCUT2D eigenvalue weighted by atomic mass is 9.86. The van der Waals surface area contributed by atoms with Crippen LogP contribution in [0.4, 0.5) is 0 Å². The van der Waals surface area contributed by atoms with Crippen LogP contribution < -0.4 is 0 Å². The molecule has 0 amide bonds. The summed E-state index contributed by atoms with van der Waals surface area (Å²) in [6.45, 7) is 10.5. The van der Waals surface area contributed by atoms with Gasteiger partial charge < -0.3 is 0 Å². The maximum Gasteiger partial charge on any atom is 0.169 e. The third-order valence-electron chi connectivity index (χ3n) is 4.57. The molecule has 0 saturated heterocycles. The molecule has 0 N–H and O–H groups in total. The van der Waals surface area contributed by atoms with Gasteiger partial charge in [0.25, 0.3) is 0 Å². The van der Waals surface area contributed by atoms with Crippen molar-refractivity contribution in [3.8, 4) is 11.1 Å². The second-order valence-corrected chi connectivity index (χ2v) is 7.00. The third-order valence-corrected chi connectivity index (χ3v) is 4.57. The van der Waals surface area contributed by atoms with E-state index in [1.165, 1.54) is 27.8 Å². The number of carbonyl (C=O) groups is 1. The number of fused-ring (bicyclic) bond motifs is 1. The van der Waals surface area contributed by atoms with E-state index >= 15 is 0 Å². The Bertz CT molecular complexity index is 727. The Balaban J connectivity index is 2.29. The van der Waals surface area contributed by atoms with Crippen molar-refractivity contribution in [1.82, 2.24) is 0 Å². The van der Waals surface area contributed by atoms with Crippen LogP contribution in [0.1, 0.15) is 46.5 Å². The fraction of sp³-hybridized carbons (Fsp3) is 0.350. The average Bonchev–Trinajstić information content (AvgIpc) is 2.59. The zero-order chi connectivity index (χ0) is 15.4. The molecule has 0 radical (unpaired) electrons. The zero-order valence-corrected chi connectivity index (χ0v) is 13.5. The maximum atomic E-state index is 12.8. The van der Waals surface area contributed by atoms with E-state index in [4.69, 9.17) is 0 Å². The number of benzene rings is 2. The number of rotatable bonds is 1. The van der Waals surface area contributed by atoms with E-state index in [2.05, 4.69) is 51.1 Å². The van der Waals surface area contributed by atoms with Gasteiger partial charge in [-0.05, 0) is 55.0 Å². The Morgan fingerprint density at radius 2 is 1.57 bits per heavy atom. The predicted octanol–water partition coefficient (Wildman–Crippen LogP) is 5.04. The molecule has 0 unspecified atom stereocenters. The summed E-state index contributed by atoms with van der Waals surface area (Å²) in [6, 6.07) is 10.7. The SMILES string of the molecule is Cc1cc(C)c(-c2cccc3c2C(=O)C(C)(C)C3)c(C)c1. The number of carbonyl (C=O) groups excluding carboxylic acids is 1. The highest BCUT2D eigenvalue weighted by molar-refractivity contribution is 6.09. The lowest BCUT2D eigenvalue weighted by molar-refractivity contribution is 0.0864. The first-order chi connectivity index (χ1) is 9.81. The molecule has 0 spiro atoms. The Hall–Kier alpha value is -1.89.